The molecule has 7 heteroatoms. The molecule has 0 aliphatic carbocycles. The summed E-state index contributed by atoms with van der Waals surface area (Å²) in [5, 5.41) is 2.98. The Kier molecular flexibility index (Phi) is 6.01. The Bertz CT molecular complexity index is 738. The van der Waals surface area contributed by atoms with E-state index in [4.69, 9.17) is 10.5 Å². The van der Waals surface area contributed by atoms with Crippen molar-refractivity contribution >= 4 is 11.9 Å². The summed E-state index contributed by atoms with van der Waals surface area (Å²) >= 11 is 0. The molecule has 1 amide bonds. The first-order chi connectivity index (χ1) is 12.7. The van der Waals surface area contributed by atoms with E-state index in [-0.39, 0.29) is 17.7 Å². The maximum Gasteiger partial charge on any atom is 0.258 e. The number of amides is 1. The second-order valence-electron chi connectivity index (χ2n) is 6.43. The fourth-order valence-corrected chi connectivity index (χ4v) is 3.33. The molecular weight excluding hydrogens is 330 g/mol. The summed E-state index contributed by atoms with van der Waals surface area (Å²) in [5.41, 5.74) is 7.18. The highest BCUT2D eigenvalue weighted by Gasteiger charge is 2.25. The van der Waals surface area contributed by atoms with Crippen LogP contribution in [0.1, 0.15) is 28.8 Å². The number of rotatable bonds is 7. The minimum absolute atomic E-state index is 0.0845. The van der Waals surface area contributed by atoms with Gasteiger partial charge in [-0.05, 0) is 31.4 Å². The van der Waals surface area contributed by atoms with E-state index >= 15 is 0 Å². The molecule has 26 heavy (non-hydrogen) atoms. The third-order valence-electron chi connectivity index (χ3n) is 4.74. The van der Waals surface area contributed by atoms with Crippen molar-refractivity contribution in [2.75, 3.05) is 32.5 Å². The number of ether oxygens (including phenoxy) is 1. The number of hydrogen-bond donors (Lipinski definition) is 2. The summed E-state index contributed by atoms with van der Waals surface area (Å²) in [6.07, 6.45) is 4.66. The summed E-state index contributed by atoms with van der Waals surface area (Å²) < 4.78 is 5.13. The SMILES string of the molecule is COc1nc(N)ncc1C(=O)NCC1CCCN1CCc1ccccc1. The zero-order valence-corrected chi connectivity index (χ0v) is 15.0. The smallest absolute Gasteiger partial charge is 0.258 e. The minimum atomic E-state index is -0.239. The molecule has 1 aromatic heterocycles. The number of nitrogens with zero attached hydrogens (tertiary/aromatic N) is 3. The molecule has 1 saturated heterocycles. The van der Waals surface area contributed by atoms with Gasteiger partial charge in [0.2, 0.25) is 11.8 Å². The predicted octanol–water partition coefficient (Wildman–Crippen LogP) is 1.50. The molecule has 138 valence electrons. The third kappa shape index (κ3) is 4.49. The molecule has 1 aliphatic heterocycles. The van der Waals surface area contributed by atoms with Gasteiger partial charge in [-0.15, -0.1) is 0 Å². The van der Waals surface area contributed by atoms with Crippen LogP contribution in [0.25, 0.3) is 0 Å². The molecule has 1 unspecified atom stereocenters. The number of aromatic nitrogens is 2. The Balaban J connectivity index is 1.54. The maximum atomic E-state index is 12.4. The molecule has 0 saturated carbocycles. The third-order valence-corrected chi connectivity index (χ3v) is 4.74. The lowest BCUT2D eigenvalue weighted by Gasteiger charge is -2.24. The normalized spacial score (nSPS) is 17.2. The van der Waals surface area contributed by atoms with Crippen molar-refractivity contribution in [2.24, 2.45) is 0 Å². The van der Waals surface area contributed by atoms with Crippen LogP contribution in [-0.2, 0) is 6.42 Å². The van der Waals surface area contributed by atoms with Gasteiger partial charge in [0.1, 0.15) is 5.56 Å². The Hall–Kier alpha value is -2.67. The number of likely N-dealkylation sites (tertiary alicyclic amines) is 1. The molecule has 0 bridgehead atoms. The van der Waals surface area contributed by atoms with Crippen LogP contribution < -0.4 is 15.8 Å². The zero-order chi connectivity index (χ0) is 18.4. The average molecular weight is 355 g/mol. The molecular formula is C19H25N5O2. The van der Waals surface area contributed by atoms with Gasteiger partial charge in [-0.25, -0.2) is 4.98 Å². The molecule has 3 N–H and O–H groups in total. The van der Waals surface area contributed by atoms with Crippen LogP contribution in [0.5, 0.6) is 5.88 Å². The van der Waals surface area contributed by atoms with E-state index in [1.165, 1.54) is 18.9 Å². The number of carbonyl (C=O) groups is 1. The van der Waals surface area contributed by atoms with Crippen LogP contribution in [0.4, 0.5) is 5.95 Å². The Morgan fingerprint density at radius 1 is 1.38 bits per heavy atom. The number of nitrogen functional groups attached to an aromatic ring is 1. The van der Waals surface area contributed by atoms with Crippen LogP contribution in [0.3, 0.4) is 0 Å². The zero-order valence-electron chi connectivity index (χ0n) is 15.0. The summed E-state index contributed by atoms with van der Waals surface area (Å²) in [6.45, 7) is 2.67. The molecule has 2 heterocycles. The Morgan fingerprint density at radius 3 is 2.96 bits per heavy atom. The average Bonchev–Trinajstić information content (AvgIpc) is 3.12. The largest absolute Gasteiger partial charge is 0.480 e. The van der Waals surface area contributed by atoms with E-state index in [0.717, 1.165) is 32.4 Å². The highest BCUT2D eigenvalue weighted by molar-refractivity contribution is 5.96. The minimum Gasteiger partial charge on any atom is -0.480 e. The Labute approximate surface area is 153 Å². The molecule has 7 nitrogen and oxygen atoms in total. The van der Waals surface area contributed by atoms with Gasteiger partial charge in [-0.3, -0.25) is 9.69 Å². The number of methoxy groups -OCH3 is 1. The van der Waals surface area contributed by atoms with Crippen LogP contribution in [0.2, 0.25) is 0 Å². The second kappa shape index (κ2) is 8.62. The summed E-state index contributed by atoms with van der Waals surface area (Å²) in [6, 6.07) is 10.8. The first kappa shape index (κ1) is 18.1. The van der Waals surface area contributed by atoms with E-state index in [2.05, 4.69) is 44.5 Å². The van der Waals surface area contributed by atoms with Crippen molar-refractivity contribution < 1.29 is 9.53 Å². The predicted molar refractivity (Wildman–Crippen MR) is 100 cm³/mol. The van der Waals surface area contributed by atoms with Crippen molar-refractivity contribution in [3.63, 3.8) is 0 Å². The van der Waals surface area contributed by atoms with E-state index in [1.54, 1.807) is 0 Å². The van der Waals surface area contributed by atoms with Gasteiger partial charge < -0.3 is 15.8 Å². The molecule has 3 rings (SSSR count). The van der Waals surface area contributed by atoms with Crippen molar-refractivity contribution in [2.45, 2.75) is 25.3 Å². The number of anilines is 1. The van der Waals surface area contributed by atoms with E-state index < -0.39 is 0 Å². The fourth-order valence-electron chi connectivity index (χ4n) is 3.33. The molecule has 1 aromatic carbocycles. The first-order valence-electron chi connectivity index (χ1n) is 8.90. The van der Waals surface area contributed by atoms with Gasteiger partial charge in [0.05, 0.1) is 7.11 Å². The topological polar surface area (TPSA) is 93.4 Å². The van der Waals surface area contributed by atoms with Crippen molar-refractivity contribution in [3.8, 4) is 5.88 Å². The first-order valence-corrected chi connectivity index (χ1v) is 8.90. The number of nitrogens with two attached hydrogens (primary N) is 1. The molecule has 1 atom stereocenters. The van der Waals surface area contributed by atoms with Crippen molar-refractivity contribution in [3.05, 3.63) is 47.7 Å². The lowest BCUT2D eigenvalue weighted by molar-refractivity contribution is 0.0936. The lowest BCUT2D eigenvalue weighted by atomic mass is 10.1. The highest BCUT2D eigenvalue weighted by Crippen LogP contribution is 2.18. The van der Waals surface area contributed by atoms with Gasteiger partial charge in [0.25, 0.3) is 5.91 Å². The monoisotopic (exact) mass is 355 g/mol. The molecule has 2 aromatic rings. The quantitative estimate of drug-likeness (QED) is 0.782. The van der Waals surface area contributed by atoms with Crippen molar-refractivity contribution in [1.29, 1.82) is 0 Å². The van der Waals surface area contributed by atoms with Crippen LogP contribution in [-0.4, -0.2) is 53.6 Å². The van der Waals surface area contributed by atoms with Gasteiger partial charge in [-0.2, -0.15) is 4.98 Å². The summed E-state index contributed by atoms with van der Waals surface area (Å²) in [7, 11) is 1.46. The van der Waals surface area contributed by atoms with E-state index in [1.807, 2.05) is 6.07 Å². The maximum absolute atomic E-state index is 12.4. The van der Waals surface area contributed by atoms with Gasteiger partial charge in [0.15, 0.2) is 0 Å². The molecule has 1 fully saturated rings. The Morgan fingerprint density at radius 2 is 2.19 bits per heavy atom. The standard InChI is InChI=1S/C19H25N5O2/c1-26-18-16(13-22-19(20)23-18)17(25)21-12-15-8-5-10-24(15)11-9-14-6-3-2-4-7-14/h2-4,6-7,13,15H,5,8-12H2,1H3,(H,21,25)(H2,20,22,23). The number of hydrogen-bond acceptors (Lipinski definition) is 6. The number of benzene rings is 1. The van der Waals surface area contributed by atoms with Crippen LogP contribution in [0, 0.1) is 0 Å². The summed E-state index contributed by atoms with van der Waals surface area (Å²) in [4.78, 5) is 22.7. The fraction of sp³-hybridized carbons (Fsp3) is 0.421. The lowest BCUT2D eigenvalue weighted by Crippen LogP contribution is -2.41. The van der Waals surface area contributed by atoms with Crippen LogP contribution in [0.15, 0.2) is 36.5 Å². The highest BCUT2D eigenvalue weighted by atomic mass is 16.5. The molecule has 1 aliphatic rings. The number of nitrogens with one attached hydrogen (secondary N) is 1. The van der Waals surface area contributed by atoms with E-state index in [0.29, 0.717) is 18.2 Å². The van der Waals surface area contributed by atoms with E-state index in [9.17, 15) is 4.79 Å². The van der Waals surface area contributed by atoms with Gasteiger partial charge in [-0.1, -0.05) is 30.3 Å². The van der Waals surface area contributed by atoms with Crippen molar-refractivity contribution in [1.82, 2.24) is 20.2 Å². The second-order valence-corrected chi connectivity index (χ2v) is 6.43. The van der Waals surface area contributed by atoms with Crippen LogP contribution >= 0.6 is 0 Å². The number of carbonyl (C=O) groups excluding carboxylic acids is 1. The van der Waals surface area contributed by atoms with Gasteiger partial charge >= 0.3 is 0 Å². The molecule has 0 spiro atoms. The summed E-state index contributed by atoms with van der Waals surface area (Å²) in [5.74, 6) is 0.0420. The molecule has 0 radical (unpaired) electrons. The van der Waals surface area contributed by atoms with Gasteiger partial charge in [0, 0.05) is 25.3 Å².